The molecule has 1 aromatic heterocycles. The lowest BCUT2D eigenvalue weighted by Crippen LogP contribution is -2.21. The van der Waals surface area contributed by atoms with Crippen LogP contribution in [0.4, 0.5) is 0 Å². The van der Waals surface area contributed by atoms with Crippen LogP contribution in [0.15, 0.2) is 66.9 Å². The number of nitrogens with zero attached hydrogens (tertiary/aromatic N) is 1. The van der Waals surface area contributed by atoms with Gasteiger partial charge in [0.05, 0.1) is 11.9 Å². The van der Waals surface area contributed by atoms with Crippen molar-refractivity contribution in [3.8, 4) is 11.3 Å². The summed E-state index contributed by atoms with van der Waals surface area (Å²) in [6, 6.07) is 20.8. The summed E-state index contributed by atoms with van der Waals surface area (Å²) in [4.78, 5) is 0. The summed E-state index contributed by atoms with van der Waals surface area (Å²) in [5, 5.41) is 20.1. The highest BCUT2D eigenvalue weighted by atomic mass is 16.2. The zero-order chi connectivity index (χ0) is 16.6. The van der Waals surface area contributed by atoms with Crippen molar-refractivity contribution in [2.45, 2.75) is 25.4 Å². The standard InChI is InChI=1S/C20H23N3O/c24-13-7-12-19(16-8-3-1-4-9-16)21-14-18-15-22-23-20(18)17-10-5-2-6-11-17/h1-6,8-11,15,19,21,24H,7,12-14H2,(H,22,23). The van der Waals surface area contributed by atoms with Crippen LogP contribution in [0.25, 0.3) is 11.3 Å². The SMILES string of the molecule is OCCCC(NCc1cn[nH]c1-c1ccccc1)c1ccccc1. The normalized spacial score (nSPS) is 12.2. The van der Waals surface area contributed by atoms with Gasteiger partial charge in [0.25, 0.3) is 0 Å². The summed E-state index contributed by atoms with van der Waals surface area (Å²) >= 11 is 0. The fourth-order valence-corrected chi connectivity index (χ4v) is 2.90. The molecule has 1 unspecified atom stereocenters. The minimum absolute atomic E-state index is 0.214. The maximum absolute atomic E-state index is 9.16. The fraction of sp³-hybridized carbons (Fsp3) is 0.250. The average Bonchev–Trinajstić information content (AvgIpc) is 3.12. The van der Waals surface area contributed by atoms with E-state index in [0.29, 0.717) is 0 Å². The Morgan fingerprint density at radius 3 is 2.42 bits per heavy atom. The highest BCUT2D eigenvalue weighted by Crippen LogP contribution is 2.23. The molecule has 124 valence electrons. The molecule has 0 aliphatic heterocycles. The van der Waals surface area contributed by atoms with Gasteiger partial charge < -0.3 is 10.4 Å². The van der Waals surface area contributed by atoms with Crippen LogP contribution in [0, 0.1) is 0 Å². The quantitative estimate of drug-likeness (QED) is 0.593. The largest absolute Gasteiger partial charge is 0.396 e. The Hall–Kier alpha value is -2.43. The number of hydrogen-bond donors (Lipinski definition) is 3. The Labute approximate surface area is 142 Å². The Bertz CT molecular complexity index is 725. The van der Waals surface area contributed by atoms with Gasteiger partial charge in [-0.1, -0.05) is 60.7 Å². The number of rotatable bonds is 8. The van der Waals surface area contributed by atoms with E-state index in [2.05, 4.69) is 51.9 Å². The van der Waals surface area contributed by atoms with Crippen molar-refractivity contribution in [2.75, 3.05) is 6.61 Å². The van der Waals surface area contributed by atoms with Crippen LogP contribution in [-0.4, -0.2) is 21.9 Å². The molecule has 0 radical (unpaired) electrons. The summed E-state index contributed by atoms with van der Waals surface area (Å²) in [6.07, 6.45) is 3.56. The molecule has 2 aromatic carbocycles. The second kappa shape index (κ2) is 8.43. The molecule has 24 heavy (non-hydrogen) atoms. The third-order valence-electron chi connectivity index (χ3n) is 4.17. The lowest BCUT2D eigenvalue weighted by Gasteiger charge is -2.19. The van der Waals surface area contributed by atoms with E-state index < -0.39 is 0 Å². The van der Waals surface area contributed by atoms with Crippen molar-refractivity contribution in [1.29, 1.82) is 0 Å². The monoisotopic (exact) mass is 321 g/mol. The molecule has 0 spiro atoms. The van der Waals surface area contributed by atoms with E-state index in [1.807, 2.05) is 30.5 Å². The Morgan fingerprint density at radius 1 is 1.00 bits per heavy atom. The second-order valence-electron chi connectivity index (χ2n) is 5.85. The van der Waals surface area contributed by atoms with E-state index in [9.17, 15) is 0 Å². The molecular weight excluding hydrogens is 298 g/mol. The lowest BCUT2D eigenvalue weighted by atomic mass is 10.0. The second-order valence-corrected chi connectivity index (χ2v) is 5.85. The Balaban J connectivity index is 1.72. The van der Waals surface area contributed by atoms with E-state index in [1.54, 1.807) is 0 Å². The molecule has 0 fully saturated rings. The molecule has 0 saturated heterocycles. The molecule has 0 saturated carbocycles. The van der Waals surface area contributed by atoms with E-state index in [1.165, 1.54) is 5.56 Å². The van der Waals surface area contributed by atoms with Crippen LogP contribution < -0.4 is 5.32 Å². The zero-order valence-electron chi connectivity index (χ0n) is 13.7. The van der Waals surface area contributed by atoms with E-state index in [0.717, 1.165) is 36.2 Å². The number of H-pyrrole nitrogens is 1. The van der Waals surface area contributed by atoms with Crippen molar-refractivity contribution in [3.63, 3.8) is 0 Å². The van der Waals surface area contributed by atoms with Gasteiger partial charge in [-0.3, -0.25) is 5.10 Å². The van der Waals surface area contributed by atoms with E-state index in [-0.39, 0.29) is 12.6 Å². The van der Waals surface area contributed by atoms with Crippen LogP contribution >= 0.6 is 0 Å². The van der Waals surface area contributed by atoms with Crippen LogP contribution in [0.5, 0.6) is 0 Å². The van der Waals surface area contributed by atoms with Crippen LogP contribution in [0.2, 0.25) is 0 Å². The number of aliphatic hydroxyl groups excluding tert-OH is 1. The Morgan fingerprint density at radius 2 is 1.71 bits per heavy atom. The molecule has 0 bridgehead atoms. The third kappa shape index (κ3) is 4.10. The molecule has 3 rings (SSSR count). The van der Waals surface area contributed by atoms with Gasteiger partial charge in [-0.2, -0.15) is 5.10 Å². The van der Waals surface area contributed by atoms with Crippen molar-refractivity contribution in [2.24, 2.45) is 0 Å². The molecule has 3 aromatic rings. The molecule has 1 heterocycles. The predicted octanol–water partition coefficient (Wildman–Crippen LogP) is 3.68. The van der Waals surface area contributed by atoms with Crippen molar-refractivity contribution >= 4 is 0 Å². The van der Waals surface area contributed by atoms with E-state index in [4.69, 9.17) is 5.11 Å². The number of hydrogen-bond acceptors (Lipinski definition) is 3. The molecule has 0 aliphatic rings. The topological polar surface area (TPSA) is 60.9 Å². The van der Waals surface area contributed by atoms with Gasteiger partial charge in [0.15, 0.2) is 0 Å². The van der Waals surface area contributed by atoms with Gasteiger partial charge in [-0.25, -0.2) is 0 Å². The van der Waals surface area contributed by atoms with Gasteiger partial charge in [0.2, 0.25) is 0 Å². The summed E-state index contributed by atoms with van der Waals surface area (Å²) in [5.74, 6) is 0. The van der Waals surface area contributed by atoms with Crippen molar-refractivity contribution in [3.05, 3.63) is 78.0 Å². The molecule has 4 nitrogen and oxygen atoms in total. The number of aromatic nitrogens is 2. The molecule has 0 amide bonds. The summed E-state index contributed by atoms with van der Waals surface area (Å²) in [6.45, 7) is 0.942. The van der Waals surface area contributed by atoms with Gasteiger partial charge in [-0.15, -0.1) is 0 Å². The van der Waals surface area contributed by atoms with Crippen LogP contribution in [0.1, 0.15) is 30.0 Å². The van der Waals surface area contributed by atoms with Crippen molar-refractivity contribution in [1.82, 2.24) is 15.5 Å². The highest BCUT2D eigenvalue weighted by molar-refractivity contribution is 5.62. The minimum atomic E-state index is 0.214. The predicted molar refractivity (Wildman–Crippen MR) is 96.4 cm³/mol. The van der Waals surface area contributed by atoms with E-state index >= 15 is 0 Å². The summed E-state index contributed by atoms with van der Waals surface area (Å²) < 4.78 is 0. The molecule has 0 aliphatic carbocycles. The first-order chi connectivity index (χ1) is 11.9. The lowest BCUT2D eigenvalue weighted by molar-refractivity contribution is 0.275. The highest BCUT2D eigenvalue weighted by Gasteiger charge is 2.13. The van der Waals surface area contributed by atoms with Gasteiger partial charge in [-0.05, 0) is 24.0 Å². The first kappa shape index (κ1) is 16.4. The molecule has 3 N–H and O–H groups in total. The smallest absolute Gasteiger partial charge is 0.0695 e. The van der Waals surface area contributed by atoms with Gasteiger partial charge >= 0.3 is 0 Å². The van der Waals surface area contributed by atoms with Crippen molar-refractivity contribution < 1.29 is 5.11 Å². The number of benzene rings is 2. The maximum Gasteiger partial charge on any atom is 0.0695 e. The van der Waals surface area contributed by atoms with Gasteiger partial charge in [0, 0.05) is 24.8 Å². The molecule has 4 heteroatoms. The fourth-order valence-electron chi connectivity index (χ4n) is 2.90. The zero-order valence-corrected chi connectivity index (χ0v) is 13.7. The summed E-state index contributed by atoms with van der Waals surface area (Å²) in [7, 11) is 0. The molecule has 1 atom stereocenters. The molecular formula is C20H23N3O. The summed E-state index contributed by atoms with van der Waals surface area (Å²) in [5.41, 5.74) is 4.58. The minimum Gasteiger partial charge on any atom is -0.396 e. The first-order valence-electron chi connectivity index (χ1n) is 8.35. The van der Waals surface area contributed by atoms with Crippen LogP contribution in [0.3, 0.4) is 0 Å². The average molecular weight is 321 g/mol. The number of nitrogens with one attached hydrogen (secondary N) is 2. The van der Waals surface area contributed by atoms with Crippen LogP contribution in [-0.2, 0) is 6.54 Å². The third-order valence-corrected chi connectivity index (χ3v) is 4.17. The van der Waals surface area contributed by atoms with Gasteiger partial charge in [0.1, 0.15) is 0 Å². The Kier molecular flexibility index (Phi) is 5.77. The first-order valence-corrected chi connectivity index (χ1v) is 8.35. The number of aromatic amines is 1. The number of aliphatic hydroxyl groups is 1. The maximum atomic E-state index is 9.16.